The second-order valence-corrected chi connectivity index (χ2v) is 5.12. The van der Waals surface area contributed by atoms with Crippen LogP contribution < -0.4 is 5.32 Å². The average Bonchev–Trinajstić information content (AvgIpc) is 3.14. The third-order valence-electron chi connectivity index (χ3n) is 3.54. The fourth-order valence-corrected chi connectivity index (χ4v) is 2.16. The topological polar surface area (TPSA) is 44.8 Å². The van der Waals surface area contributed by atoms with Gasteiger partial charge in [-0.15, -0.1) is 0 Å². The van der Waals surface area contributed by atoms with E-state index in [4.69, 9.17) is 4.74 Å². The lowest BCUT2D eigenvalue weighted by molar-refractivity contribution is -0.143. The summed E-state index contributed by atoms with van der Waals surface area (Å²) in [6.07, 6.45) is 2.38. The lowest BCUT2D eigenvalue weighted by Gasteiger charge is -2.34. The van der Waals surface area contributed by atoms with Gasteiger partial charge in [-0.2, -0.15) is 0 Å². The van der Waals surface area contributed by atoms with E-state index in [-0.39, 0.29) is 12.0 Å². The van der Waals surface area contributed by atoms with Crippen molar-refractivity contribution in [2.75, 3.05) is 46.9 Å². The molecule has 5 heteroatoms. The van der Waals surface area contributed by atoms with Gasteiger partial charge in [0.15, 0.2) is 0 Å². The zero-order valence-corrected chi connectivity index (χ0v) is 10.8. The van der Waals surface area contributed by atoms with E-state index in [1.807, 2.05) is 0 Å². The fourth-order valence-electron chi connectivity index (χ4n) is 2.16. The maximum atomic E-state index is 11.7. The minimum Gasteiger partial charge on any atom is -0.468 e. The maximum Gasteiger partial charge on any atom is 0.324 e. The molecular weight excluding hydrogens is 218 g/mol. The van der Waals surface area contributed by atoms with Gasteiger partial charge in [0.1, 0.15) is 6.04 Å². The number of carbonyl (C=O) groups excluding carboxylic acids is 1. The molecule has 0 spiro atoms. The molecule has 5 nitrogen and oxygen atoms in total. The van der Waals surface area contributed by atoms with Crippen molar-refractivity contribution >= 4 is 5.97 Å². The summed E-state index contributed by atoms with van der Waals surface area (Å²) in [4.78, 5) is 16.4. The second kappa shape index (κ2) is 5.80. The molecule has 0 aromatic rings. The molecular formula is C12H23N3O2. The molecule has 1 aliphatic heterocycles. The summed E-state index contributed by atoms with van der Waals surface area (Å²) in [7, 11) is 3.60. The lowest BCUT2D eigenvalue weighted by Crippen LogP contribution is -2.52. The largest absolute Gasteiger partial charge is 0.468 e. The number of hydrogen-bond acceptors (Lipinski definition) is 5. The first-order valence-corrected chi connectivity index (χ1v) is 6.44. The van der Waals surface area contributed by atoms with Crippen molar-refractivity contribution in [3.63, 3.8) is 0 Å². The first kappa shape index (κ1) is 12.8. The Hall–Kier alpha value is -0.650. The van der Waals surface area contributed by atoms with Crippen LogP contribution in [0.25, 0.3) is 0 Å². The van der Waals surface area contributed by atoms with E-state index >= 15 is 0 Å². The third kappa shape index (κ3) is 3.94. The molecule has 1 unspecified atom stereocenters. The summed E-state index contributed by atoms with van der Waals surface area (Å²) in [5.41, 5.74) is 0. The van der Waals surface area contributed by atoms with Gasteiger partial charge in [0, 0.05) is 38.8 Å². The van der Waals surface area contributed by atoms with Crippen molar-refractivity contribution in [3.05, 3.63) is 0 Å². The number of piperazine rings is 1. The van der Waals surface area contributed by atoms with Crippen LogP contribution in [0.2, 0.25) is 0 Å². The second-order valence-electron chi connectivity index (χ2n) is 5.12. The maximum absolute atomic E-state index is 11.7. The Morgan fingerprint density at radius 1 is 1.35 bits per heavy atom. The van der Waals surface area contributed by atoms with Gasteiger partial charge in [0.05, 0.1) is 7.11 Å². The Kier molecular flexibility index (Phi) is 4.36. The Balaban J connectivity index is 1.80. The summed E-state index contributed by atoms with van der Waals surface area (Å²) < 4.78 is 4.87. The fraction of sp³-hybridized carbons (Fsp3) is 0.917. The molecule has 0 bridgehead atoms. The molecule has 0 aromatic carbocycles. The molecule has 2 rings (SSSR count). The first-order valence-electron chi connectivity index (χ1n) is 6.44. The van der Waals surface area contributed by atoms with Crippen LogP contribution in [-0.4, -0.2) is 74.7 Å². The van der Waals surface area contributed by atoms with Crippen LogP contribution in [0, 0.1) is 0 Å². The predicted octanol–water partition coefficient (Wildman–Crippen LogP) is -0.473. The lowest BCUT2D eigenvalue weighted by atomic mass is 10.2. The van der Waals surface area contributed by atoms with Gasteiger partial charge in [-0.05, 0) is 19.9 Å². The van der Waals surface area contributed by atoms with Crippen molar-refractivity contribution < 1.29 is 9.53 Å². The molecule has 2 aliphatic rings. The van der Waals surface area contributed by atoms with Gasteiger partial charge in [0.2, 0.25) is 0 Å². The Labute approximate surface area is 103 Å². The number of esters is 1. The van der Waals surface area contributed by atoms with Crippen molar-refractivity contribution in [1.29, 1.82) is 0 Å². The van der Waals surface area contributed by atoms with Crippen LogP contribution in [-0.2, 0) is 9.53 Å². The van der Waals surface area contributed by atoms with Crippen LogP contribution in [0.3, 0.4) is 0 Å². The number of likely N-dealkylation sites (N-methyl/N-ethyl adjacent to an activating group) is 1. The Morgan fingerprint density at radius 3 is 2.53 bits per heavy atom. The van der Waals surface area contributed by atoms with Crippen LogP contribution in [0.5, 0.6) is 0 Å². The van der Waals surface area contributed by atoms with Crippen LogP contribution in [0.1, 0.15) is 12.8 Å². The zero-order chi connectivity index (χ0) is 12.3. The first-order chi connectivity index (χ1) is 8.19. The molecule has 1 heterocycles. The number of nitrogens with zero attached hydrogens (tertiary/aromatic N) is 2. The number of ether oxygens (including phenoxy) is 1. The van der Waals surface area contributed by atoms with Gasteiger partial charge in [0.25, 0.3) is 0 Å². The number of carbonyl (C=O) groups is 1. The summed E-state index contributed by atoms with van der Waals surface area (Å²) in [5.74, 6) is -0.129. The third-order valence-corrected chi connectivity index (χ3v) is 3.54. The SMILES string of the molecule is COC(=O)C(CN1CCN(C)CC1)NC1CC1. The molecule has 0 amide bonds. The molecule has 1 N–H and O–H groups in total. The predicted molar refractivity (Wildman–Crippen MR) is 65.9 cm³/mol. The molecule has 1 aliphatic carbocycles. The van der Waals surface area contributed by atoms with Gasteiger partial charge in [-0.3, -0.25) is 9.69 Å². The van der Waals surface area contributed by atoms with Crippen molar-refractivity contribution in [2.24, 2.45) is 0 Å². The smallest absolute Gasteiger partial charge is 0.324 e. The molecule has 1 atom stereocenters. The highest BCUT2D eigenvalue weighted by molar-refractivity contribution is 5.76. The van der Waals surface area contributed by atoms with E-state index in [0.717, 1.165) is 32.7 Å². The van der Waals surface area contributed by atoms with Gasteiger partial charge in [-0.25, -0.2) is 0 Å². The summed E-state index contributed by atoms with van der Waals surface area (Å²) in [6, 6.07) is 0.377. The van der Waals surface area contributed by atoms with Crippen molar-refractivity contribution in [2.45, 2.75) is 24.9 Å². The molecule has 2 fully saturated rings. The minimum atomic E-state index is -0.157. The van der Waals surface area contributed by atoms with E-state index in [9.17, 15) is 4.79 Å². The van der Waals surface area contributed by atoms with Gasteiger partial charge < -0.3 is 15.0 Å². The highest BCUT2D eigenvalue weighted by Crippen LogP contribution is 2.20. The van der Waals surface area contributed by atoms with Crippen molar-refractivity contribution in [3.8, 4) is 0 Å². The Bertz CT molecular complexity index is 260. The molecule has 0 radical (unpaired) electrons. The molecule has 1 saturated carbocycles. The van der Waals surface area contributed by atoms with E-state index in [1.165, 1.54) is 20.0 Å². The van der Waals surface area contributed by atoms with Crippen LogP contribution >= 0.6 is 0 Å². The summed E-state index contributed by atoms with van der Waals surface area (Å²) in [5, 5.41) is 3.37. The summed E-state index contributed by atoms with van der Waals surface area (Å²) >= 11 is 0. The van der Waals surface area contributed by atoms with E-state index in [2.05, 4.69) is 22.2 Å². The molecule has 0 aromatic heterocycles. The van der Waals surface area contributed by atoms with Crippen molar-refractivity contribution in [1.82, 2.24) is 15.1 Å². The van der Waals surface area contributed by atoms with Gasteiger partial charge in [-0.1, -0.05) is 0 Å². The number of rotatable bonds is 5. The number of methoxy groups -OCH3 is 1. The van der Waals surface area contributed by atoms with E-state index in [0.29, 0.717) is 6.04 Å². The monoisotopic (exact) mass is 241 g/mol. The molecule has 17 heavy (non-hydrogen) atoms. The Morgan fingerprint density at radius 2 is 2.00 bits per heavy atom. The van der Waals surface area contributed by atoms with Gasteiger partial charge >= 0.3 is 5.97 Å². The molecule has 1 saturated heterocycles. The normalized spacial score (nSPS) is 24.6. The zero-order valence-electron chi connectivity index (χ0n) is 10.8. The molecule has 98 valence electrons. The van der Waals surface area contributed by atoms with E-state index in [1.54, 1.807) is 0 Å². The quantitative estimate of drug-likeness (QED) is 0.659. The van der Waals surface area contributed by atoms with Crippen LogP contribution in [0.4, 0.5) is 0 Å². The van der Waals surface area contributed by atoms with Crippen LogP contribution in [0.15, 0.2) is 0 Å². The highest BCUT2D eigenvalue weighted by Gasteiger charge is 2.30. The minimum absolute atomic E-state index is 0.129. The standard InChI is InChI=1S/C12H23N3O2/c1-14-5-7-15(8-6-14)9-11(12(16)17-2)13-10-3-4-10/h10-11,13H,3-9H2,1-2H3. The highest BCUT2D eigenvalue weighted by atomic mass is 16.5. The number of nitrogens with one attached hydrogen (secondary N) is 1. The van der Waals surface area contributed by atoms with E-state index < -0.39 is 0 Å². The number of hydrogen-bond donors (Lipinski definition) is 1. The average molecular weight is 241 g/mol. The summed E-state index contributed by atoms with van der Waals surface area (Å²) in [6.45, 7) is 5.01.